The molecule has 3 fully saturated rings. The van der Waals surface area contributed by atoms with Gasteiger partial charge >= 0.3 is 12.2 Å². The third-order valence-corrected chi connectivity index (χ3v) is 10.2. The van der Waals surface area contributed by atoms with Gasteiger partial charge < -0.3 is 20.7 Å². The first-order valence-corrected chi connectivity index (χ1v) is 17.5. The molecule has 3 aliphatic heterocycles. The number of carbonyl (C=O) groups is 1. The zero-order chi connectivity index (χ0) is 37.0. The van der Waals surface area contributed by atoms with Crippen LogP contribution in [0.1, 0.15) is 63.5 Å². The van der Waals surface area contributed by atoms with Crippen LogP contribution >= 0.6 is 11.3 Å². The summed E-state index contributed by atoms with van der Waals surface area (Å²) in [5, 5.41) is 11.9. The van der Waals surface area contributed by atoms with Gasteiger partial charge in [0.25, 0.3) is 0 Å². The van der Waals surface area contributed by atoms with Gasteiger partial charge in [0, 0.05) is 55.5 Å². The number of rotatable bonds is 5. The maximum Gasteiger partial charge on any atom is 0.417 e. The first-order chi connectivity index (χ1) is 24.3. The molecule has 2 unspecified atom stereocenters. The highest BCUT2D eigenvalue weighted by Crippen LogP contribution is 2.47. The third kappa shape index (κ3) is 8.09. The summed E-state index contributed by atoms with van der Waals surface area (Å²) in [7, 11) is 1.24. The van der Waals surface area contributed by atoms with E-state index in [0.717, 1.165) is 44.3 Å². The standard InChI is InChI=1S/C22H16F5N5OS.C7H12FN.C6H11NO/c1-3-6-30-20-10-7-12(22(25,26)27)15(16(24)17(10)31-21(32-20)33-2)9-4-5-13(23)18-14(9)11(8-28)19(29)34-18;8-6-4-7-2-1-3-9(7)5-6;1-6(8)7-4-2-3-5-7/h4-5,7H,3,6,29H2,1-2H3,(H,30,31,32);6-7H,1-5H2;2-5H2,1H3. The number of nitriles is 1. The Bertz CT molecular complexity index is 1930. The molecule has 274 valence electrons. The van der Waals surface area contributed by atoms with E-state index in [4.69, 9.17) is 10.5 Å². The number of amides is 1. The molecule has 4 aromatic rings. The molecule has 7 rings (SSSR count). The predicted molar refractivity (Wildman–Crippen MR) is 185 cm³/mol. The first kappa shape index (κ1) is 37.9. The van der Waals surface area contributed by atoms with Crippen molar-refractivity contribution in [1.29, 1.82) is 5.26 Å². The minimum absolute atomic E-state index is 0.0265. The smallest absolute Gasteiger partial charge is 0.417 e. The predicted octanol–water partition coefficient (Wildman–Crippen LogP) is 7.91. The van der Waals surface area contributed by atoms with Gasteiger partial charge in [0.15, 0.2) is 5.82 Å². The Morgan fingerprint density at radius 2 is 1.90 bits per heavy atom. The number of likely N-dealkylation sites (tertiary alicyclic amines) is 1. The van der Waals surface area contributed by atoms with E-state index >= 15 is 4.39 Å². The molecule has 0 saturated carbocycles. The molecule has 9 nitrogen and oxygen atoms in total. The monoisotopic (exact) mass is 735 g/mol. The SMILES string of the molecule is CC(=O)N1CCCC1.CCCNc1nc(OC)nc2c(F)c(-c3ccc(F)c4sc(N)c(C#N)c34)c(C(F)(F)F)cc12.FC1CC2CCCN2C1. The van der Waals surface area contributed by atoms with Gasteiger partial charge in [0.1, 0.15) is 34.4 Å². The number of nitrogens with one attached hydrogen (secondary N) is 1. The van der Waals surface area contributed by atoms with Crippen LogP contribution in [0.4, 0.5) is 37.2 Å². The number of benzene rings is 2. The van der Waals surface area contributed by atoms with Gasteiger partial charge in [0.2, 0.25) is 5.91 Å². The number of nitrogens with zero attached hydrogens (tertiary/aromatic N) is 5. The molecule has 5 heterocycles. The molecule has 3 N–H and O–H groups in total. The van der Waals surface area contributed by atoms with Crippen molar-refractivity contribution >= 4 is 49.1 Å². The molecule has 2 aromatic heterocycles. The number of alkyl halides is 4. The Balaban J connectivity index is 0.000000238. The van der Waals surface area contributed by atoms with Crippen LogP contribution in [0, 0.1) is 23.0 Å². The first-order valence-electron chi connectivity index (χ1n) is 16.7. The maximum atomic E-state index is 16.0. The number of methoxy groups -OCH3 is 1. The van der Waals surface area contributed by atoms with E-state index in [1.54, 1.807) is 13.0 Å². The lowest BCUT2D eigenvalue weighted by Crippen LogP contribution is -2.24. The second-order valence-electron chi connectivity index (χ2n) is 12.6. The van der Waals surface area contributed by atoms with Crippen LogP contribution < -0.4 is 15.8 Å². The molecule has 2 atom stereocenters. The van der Waals surface area contributed by atoms with Crippen molar-refractivity contribution in [2.24, 2.45) is 0 Å². The van der Waals surface area contributed by atoms with Crippen LogP contribution in [0.15, 0.2) is 18.2 Å². The van der Waals surface area contributed by atoms with Gasteiger partial charge in [-0.05, 0) is 62.8 Å². The summed E-state index contributed by atoms with van der Waals surface area (Å²) in [5.41, 5.74) is 2.63. The fourth-order valence-electron chi connectivity index (χ4n) is 6.73. The lowest BCUT2D eigenvalue weighted by Gasteiger charge is -2.18. The Kier molecular flexibility index (Phi) is 11.8. The minimum atomic E-state index is -5.00. The summed E-state index contributed by atoms with van der Waals surface area (Å²) in [6.45, 7) is 7.65. The number of aromatic nitrogens is 2. The largest absolute Gasteiger partial charge is 0.467 e. The van der Waals surface area contributed by atoms with E-state index in [-0.39, 0.29) is 49.3 Å². The lowest BCUT2D eigenvalue weighted by molar-refractivity contribution is -0.137. The second kappa shape index (κ2) is 15.9. The molecule has 51 heavy (non-hydrogen) atoms. The number of thiophene rings is 1. The highest BCUT2D eigenvalue weighted by atomic mass is 32.1. The number of fused-ring (bicyclic) bond motifs is 3. The third-order valence-electron chi connectivity index (χ3n) is 9.15. The topological polar surface area (TPSA) is 120 Å². The van der Waals surface area contributed by atoms with Crippen LogP contribution in [0.2, 0.25) is 0 Å². The van der Waals surface area contributed by atoms with Gasteiger partial charge in [-0.25, -0.2) is 13.2 Å². The van der Waals surface area contributed by atoms with Crippen LogP contribution in [0.3, 0.4) is 0 Å². The fraction of sp³-hybridized carbons (Fsp3) is 0.486. The maximum absolute atomic E-state index is 16.0. The van der Waals surface area contributed by atoms with E-state index in [9.17, 15) is 32.0 Å². The van der Waals surface area contributed by atoms with Gasteiger partial charge in [-0.1, -0.05) is 13.0 Å². The Labute approximate surface area is 295 Å². The summed E-state index contributed by atoms with van der Waals surface area (Å²) in [6.07, 6.45) is 0.832. The van der Waals surface area contributed by atoms with Crippen molar-refractivity contribution in [2.45, 2.75) is 70.8 Å². The number of nitrogens with two attached hydrogens (primary N) is 1. The molecule has 0 spiro atoms. The highest BCUT2D eigenvalue weighted by molar-refractivity contribution is 7.23. The lowest BCUT2D eigenvalue weighted by atomic mass is 9.92. The molecule has 3 aliphatic rings. The summed E-state index contributed by atoms with van der Waals surface area (Å²) < 4.78 is 90.5. The number of anilines is 2. The number of ether oxygens (including phenoxy) is 1. The van der Waals surface area contributed by atoms with E-state index in [2.05, 4.69) is 20.2 Å². The summed E-state index contributed by atoms with van der Waals surface area (Å²) in [4.78, 5) is 22.7. The number of hydrogen-bond acceptors (Lipinski definition) is 9. The van der Waals surface area contributed by atoms with Gasteiger partial charge in [-0.2, -0.15) is 28.4 Å². The van der Waals surface area contributed by atoms with Gasteiger partial charge in [-0.3, -0.25) is 9.69 Å². The zero-order valence-corrected chi connectivity index (χ0v) is 29.3. The molecule has 0 radical (unpaired) electrons. The molecule has 1 amide bonds. The second-order valence-corrected chi connectivity index (χ2v) is 13.6. The zero-order valence-electron chi connectivity index (χ0n) is 28.5. The van der Waals surface area contributed by atoms with Gasteiger partial charge in [-0.15, -0.1) is 11.3 Å². The van der Waals surface area contributed by atoms with E-state index in [1.807, 2.05) is 11.8 Å². The average molecular weight is 736 g/mol. The number of carbonyl (C=O) groups excluding carboxylic acids is 1. The summed E-state index contributed by atoms with van der Waals surface area (Å²) in [6, 6.07) is 4.79. The number of halogens is 6. The summed E-state index contributed by atoms with van der Waals surface area (Å²) in [5.74, 6) is -1.91. The Morgan fingerprint density at radius 1 is 1.18 bits per heavy atom. The van der Waals surface area contributed by atoms with Crippen LogP contribution in [0.25, 0.3) is 32.1 Å². The van der Waals surface area contributed by atoms with E-state index in [0.29, 0.717) is 36.9 Å². The van der Waals surface area contributed by atoms with E-state index < -0.39 is 40.6 Å². The molecular weight excluding hydrogens is 696 g/mol. The molecule has 16 heteroatoms. The van der Waals surface area contributed by atoms with Crippen molar-refractivity contribution in [3.63, 3.8) is 0 Å². The van der Waals surface area contributed by atoms with Crippen LogP contribution in [0.5, 0.6) is 6.01 Å². The fourth-order valence-corrected chi connectivity index (χ4v) is 7.68. The quantitative estimate of drug-likeness (QED) is 0.199. The van der Waals surface area contributed by atoms with Crippen molar-refractivity contribution in [3.05, 3.63) is 41.0 Å². The Hall–Kier alpha value is -4.36. The number of nitrogen functional groups attached to an aromatic ring is 1. The molecule has 2 aromatic carbocycles. The van der Waals surface area contributed by atoms with Gasteiger partial charge in [0.05, 0.1) is 22.9 Å². The summed E-state index contributed by atoms with van der Waals surface area (Å²) >= 11 is 0.700. The minimum Gasteiger partial charge on any atom is -0.467 e. The van der Waals surface area contributed by atoms with Crippen molar-refractivity contribution in [2.75, 3.05) is 50.9 Å². The number of hydrogen-bond donors (Lipinski definition) is 2. The van der Waals surface area contributed by atoms with Crippen LogP contribution in [-0.4, -0.2) is 77.7 Å². The molecule has 0 aliphatic carbocycles. The normalized spacial score (nSPS) is 18.5. The van der Waals surface area contributed by atoms with Crippen molar-refractivity contribution in [3.8, 4) is 23.2 Å². The van der Waals surface area contributed by atoms with Crippen molar-refractivity contribution in [1.82, 2.24) is 19.8 Å². The van der Waals surface area contributed by atoms with E-state index in [1.165, 1.54) is 32.8 Å². The molecular formula is C35H39F6N7O2S. The molecule has 0 bridgehead atoms. The molecule has 3 saturated heterocycles. The Morgan fingerprint density at radius 3 is 2.49 bits per heavy atom. The highest BCUT2D eigenvalue weighted by Gasteiger charge is 2.38. The average Bonchev–Trinajstić information content (AvgIpc) is 3.89. The van der Waals surface area contributed by atoms with Crippen molar-refractivity contribution < 1.29 is 35.9 Å². The van der Waals surface area contributed by atoms with Crippen LogP contribution in [-0.2, 0) is 11.0 Å².